The Balaban J connectivity index is 1.32. The summed E-state index contributed by atoms with van der Waals surface area (Å²) in [6.45, 7) is 5.26. The average Bonchev–Trinajstić information content (AvgIpc) is 3.48. The van der Waals surface area contributed by atoms with E-state index in [0.29, 0.717) is 17.8 Å². The topological polar surface area (TPSA) is 76.7 Å². The number of allylic oxidation sites excluding steroid dienone is 7. The molecule has 7 bridgehead atoms. The van der Waals surface area contributed by atoms with Crippen LogP contribution >= 0.6 is 21.6 Å². The van der Waals surface area contributed by atoms with Crippen LogP contribution in [0.5, 0.6) is 0 Å². The smallest absolute Gasteiger partial charge is 0.340 e. The molecule has 0 amide bonds. The van der Waals surface area contributed by atoms with Crippen LogP contribution in [-0.2, 0) is 19.1 Å². The molecule has 1 saturated heterocycles. The van der Waals surface area contributed by atoms with Gasteiger partial charge in [-0.25, -0.2) is 9.59 Å². The lowest BCUT2D eigenvalue weighted by Crippen LogP contribution is -2.53. The van der Waals surface area contributed by atoms with Crippen LogP contribution in [0.3, 0.4) is 0 Å². The van der Waals surface area contributed by atoms with Crippen molar-refractivity contribution in [2.24, 2.45) is 35.0 Å². The Morgan fingerprint density at radius 1 is 1.07 bits per heavy atom. The van der Waals surface area contributed by atoms with Gasteiger partial charge in [0, 0.05) is 29.4 Å². The fourth-order valence-electron chi connectivity index (χ4n) is 9.54. The summed E-state index contributed by atoms with van der Waals surface area (Å²) in [6, 6.07) is 0. The van der Waals surface area contributed by atoms with E-state index in [-0.39, 0.29) is 23.8 Å². The van der Waals surface area contributed by atoms with Gasteiger partial charge in [-0.1, -0.05) is 53.5 Å². The lowest BCUT2D eigenvalue weighted by molar-refractivity contribution is -0.135. The maximum Gasteiger partial charge on any atom is 0.340 e. The van der Waals surface area contributed by atoms with Crippen molar-refractivity contribution >= 4 is 33.5 Å². The number of hydrogen-bond acceptors (Lipinski definition) is 8. The molecule has 2 fully saturated rings. The molecule has 0 radical (unpaired) electrons. The largest absolute Gasteiger partial charge is 0.427 e. The third-order valence-corrected chi connectivity index (χ3v) is 13.5. The van der Waals surface area contributed by atoms with Crippen LogP contribution < -0.4 is 10.6 Å². The van der Waals surface area contributed by atoms with Crippen molar-refractivity contribution in [2.45, 2.75) is 71.6 Å². The van der Waals surface area contributed by atoms with Gasteiger partial charge in [0.05, 0.1) is 22.7 Å². The van der Waals surface area contributed by atoms with E-state index in [0.717, 1.165) is 104 Å². The number of hydrogen-bond donors (Lipinski definition) is 2. The summed E-state index contributed by atoms with van der Waals surface area (Å²) in [6.07, 6.45) is 15.5. The first kappa shape index (κ1) is 27.2. The van der Waals surface area contributed by atoms with Crippen molar-refractivity contribution in [1.29, 1.82) is 0 Å². The summed E-state index contributed by atoms with van der Waals surface area (Å²) in [5.74, 6) is 5.70. The third-order valence-electron chi connectivity index (χ3n) is 11.1. The van der Waals surface area contributed by atoms with E-state index in [1.165, 1.54) is 22.3 Å². The van der Waals surface area contributed by atoms with E-state index >= 15 is 0 Å². The van der Waals surface area contributed by atoms with Gasteiger partial charge >= 0.3 is 11.9 Å². The predicted octanol–water partition coefficient (Wildman–Crippen LogP) is 6.82. The van der Waals surface area contributed by atoms with E-state index < -0.39 is 5.41 Å². The molecule has 5 aliphatic carbocycles. The summed E-state index contributed by atoms with van der Waals surface area (Å²) in [5, 5.41) is 7.04. The highest BCUT2D eigenvalue weighted by Gasteiger charge is 2.69. The third kappa shape index (κ3) is 3.99. The highest BCUT2D eigenvalue weighted by Crippen LogP contribution is 2.72. The van der Waals surface area contributed by atoms with Crippen LogP contribution in [0.4, 0.5) is 0 Å². The molecule has 42 heavy (non-hydrogen) atoms. The van der Waals surface area contributed by atoms with Crippen LogP contribution in [0.25, 0.3) is 0 Å². The molecule has 9 rings (SSSR count). The Hall–Kier alpha value is -2.32. The number of ether oxygens (including phenoxy) is 2. The first-order valence-electron chi connectivity index (χ1n) is 16.0. The first-order valence-corrected chi connectivity index (χ1v) is 18.5. The number of carbonyl (C=O) groups is 2. The molecule has 1 saturated carbocycles. The number of dihydropyridines is 1. The van der Waals surface area contributed by atoms with Gasteiger partial charge in [0.2, 0.25) is 0 Å². The van der Waals surface area contributed by atoms with E-state index in [9.17, 15) is 9.59 Å². The van der Waals surface area contributed by atoms with E-state index in [2.05, 4.69) is 42.7 Å². The Morgan fingerprint density at radius 2 is 1.98 bits per heavy atom. The van der Waals surface area contributed by atoms with Crippen molar-refractivity contribution in [3.8, 4) is 0 Å². The van der Waals surface area contributed by atoms with Crippen molar-refractivity contribution < 1.29 is 19.1 Å². The van der Waals surface area contributed by atoms with Gasteiger partial charge in [0.1, 0.15) is 11.5 Å². The quantitative estimate of drug-likeness (QED) is 0.263. The fraction of sp³-hybridized carbons (Fsp3) is 0.588. The zero-order chi connectivity index (χ0) is 28.6. The normalized spacial score (nSPS) is 38.4. The molecule has 0 aromatic heterocycles. The number of rotatable bonds is 2. The van der Waals surface area contributed by atoms with Crippen LogP contribution in [0, 0.1) is 35.0 Å². The van der Waals surface area contributed by atoms with Gasteiger partial charge in [0.15, 0.2) is 0 Å². The number of fused-ring (bicyclic) bond motifs is 2. The lowest BCUT2D eigenvalue weighted by Gasteiger charge is -2.57. The van der Waals surface area contributed by atoms with Crippen molar-refractivity contribution in [3.63, 3.8) is 0 Å². The second kappa shape index (κ2) is 10.4. The Morgan fingerprint density at radius 3 is 2.86 bits per heavy atom. The number of esters is 2. The molecule has 6 atom stereocenters. The molecule has 1 spiro atoms. The van der Waals surface area contributed by atoms with E-state index in [4.69, 9.17) is 9.47 Å². The maximum atomic E-state index is 14.0. The molecule has 6 nitrogen and oxygen atoms in total. The monoisotopic (exact) mass is 604 g/mol. The molecular weight excluding hydrogens is 565 g/mol. The van der Waals surface area contributed by atoms with Gasteiger partial charge < -0.3 is 20.1 Å². The molecule has 2 N–H and O–H groups in total. The molecule has 4 aliphatic heterocycles. The minimum absolute atomic E-state index is 0.0428. The molecule has 4 heterocycles. The minimum Gasteiger partial charge on any atom is -0.427 e. The van der Waals surface area contributed by atoms with Crippen LogP contribution in [0.15, 0.2) is 69.0 Å². The highest BCUT2D eigenvalue weighted by molar-refractivity contribution is 8.76. The lowest BCUT2D eigenvalue weighted by atomic mass is 9.43. The van der Waals surface area contributed by atoms with Crippen molar-refractivity contribution in [2.75, 3.05) is 18.2 Å². The van der Waals surface area contributed by atoms with Gasteiger partial charge in [-0.3, -0.25) is 0 Å². The first-order chi connectivity index (χ1) is 20.5. The summed E-state index contributed by atoms with van der Waals surface area (Å²) < 4.78 is 12.5. The van der Waals surface area contributed by atoms with Crippen LogP contribution in [0.2, 0.25) is 0 Å². The maximum absolute atomic E-state index is 14.0. The summed E-state index contributed by atoms with van der Waals surface area (Å²) in [5.41, 5.74) is 6.25. The summed E-state index contributed by atoms with van der Waals surface area (Å²) in [4.78, 5) is 27.9. The van der Waals surface area contributed by atoms with Crippen LogP contribution in [-0.4, -0.2) is 30.1 Å². The van der Waals surface area contributed by atoms with Gasteiger partial charge in [0.25, 0.3) is 0 Å². The van der Waals surface area contributed by atoms with E-state index in [1.807, 2.05) is 21.6 Å². The predicted molar refractivity (Wildman–Crippen MR) is 166 cm³/mol. The SMILES string of the molecule is CCCC1=C2OC(=O)C3=C2[C@@H](CC1)C[C@H]1[C@@H]2CC[C@@]4(C5=C2CC2=CCNC(=C2)NCSSC[C@H](C)C/C=C/4OC5=O)[C@@H]31. The molecule has 222 valence electrons. The molecular formula is C34H40N2O4S2. The number of carbonyl (C=O) groups excluding carboxylic acids is 2. The van der Waals surface area contributed by atoms with E-state index in [1.54, 1.807) is 0 Å². The minimum atomic E-state index is -0.563. The van der Waals surface area contributed by atoms with Crippen molar-refractivity contribution in [3.05, 3.63) is 69.0 Å². The Kier molecular flexibility index (Phi) is 6.74. The molecule has 8 heteroatoms. The number of nitrogens with one attached hydrogen (secondary N) is 2. The molecule has 0 aromatic rings. The average molecular weight is 605 g/mol. The summed E-state index contributed by atoms with van der Waals surface area (Å²) in [7, 11) is 3.73. The second-order valence-electron chi connectivity index (χ2n) is 13.4. The second-order valence-corrected chi connectivity index (χ2v) is 16.0. The zero-order valence-electron chi connectivity index (χ0n) is 24.6. The van der Waals surface area contributed by atoms with Gasteiger partial charge in [-0.2, -0.15) is 0 Å². The van der Waals surface area contributed by atoms with Crippen LogP contribution in [0.1, 0.15) is 71.6 Å². The van der Waals surface area contributed by atoms with Gasteiger partial charge in [-0.05, 0) is 98.3 Å². The molecule has 0 aromatic carbocycles. The fourth-order valence-corrected chi connectivity index (χ4v) is 11.7. The van der Waals surface area contributed by atoms with Gasteiger partial charge in [-0.15, -0.1) is 0 Å². The zero-order valence-corrected chi connectivity index (χ0v) is 26.2. The standard InChI is InChI=1S/C34H40N2O4S2/c1-3-4-20-6-7-21-15-24-22-9-11-34(29(24)28-27(21)31(20)40-32(28)37)25-8-5-18(2)16-41-42-17-36-26-14-19(10-12-35-26)13-23(22)30(34)33(38)39-25/h8,10,14,18,21-22,24,29,35-36H,3-7,9,11-13,15-17H2,1-2H3/b25-8-/t18-,21+,22-,24+,29-,34+/m1/s1. The van der Waals surface area contributed by atoms with Crippen molar-refractivity contribution in [1.82, 2.24) is 10.6 Å². The Labute approximate surface area is 256 Å². The molecule has 0 unspecified atom stereocenters. The summed E-state index contributed by atoms with van der Waals surface area (Å²) >= 11 is 0. The molecule has 9 aliphatic rings. The Bertz CT molecular complexity index is 1450. The highest BCUT2D eigenvalue weighted by atomic mass is 33.1.